The van der Waals surface area contributed by atoms with Gasteiger partial charge in [0.1, 0.15) is 0 Å². The highest BCUT2D eigenvalue weighted by Crippen LogP contribution is 2.32. The van der Waals surface area contributed by atoms with E-state index >= 15 is 0 Å². The van der Waals surface area contributed by atoms with Crippen LogP contribution in [0.25, 0.3) is 22.2 Å². The molecule has 0 aliphatic carbocycles. The third kappa shape index (κ3) is 5.13. The predicted octanol–water partition coefficient (Wildman–Crippen LogP) is 4.90. The standard InChI is InChI=1S/C30H28N4O2/c31-22-34(16-15-23-9-3-1-4-10-23)30(35)28-25-13-7-8-14-27(25)32-29(24-11-5-2-6-12-24)26(28)21-33-17-19-36-20-18-33/h1-14H,15-21H2. The summed E-state index contributed by atoms with van der Waals surface area (Å²) >= 11 is 0. The van der Waals surface area contributed by atoms with Crippen LogP contribution in [0, 0.1) is 11.5 Å². The fourth-order valence-electron chi connectivity index (χ4n) is 4.68. The first-order valence-corrected chi connectivity index (χ1v) is 12.3. The maximum absolute atomic E-state index is 14.1. The number of ether oxygens (including phenoxy) is 1. The topological polar surface area (TPSA) is 69.5 Å². The van der Waals surface area contributed by atoms with Crippen molar-refractivity contribution in [2.75, 3.05) is 32.8 Å². The Morgan fingerprint density at radius 3 is 2.33 bits per heavy atom. The second-order valence-corrected chi connectivity index (χ2v) is 8.88. The molecule has 6 heteroatoms. The predicted molar refractivity (Wildman–Crippen MR) is 140 cm³/mol. The molecule has 6 nitrogen and oxygen atoms in total. The van der Waals surface area contributed by atoms with Gasteiger partial charge in [-0.25, -0.2) is 9.88 Å². The Morgan fingerprint density at radius 2 is 1.61 bits per heavy atom. The van der Waals surface area contributed by atoms with Crippen molar-refractivity contribution in [2.45, 2.75) is 13.0 Å². The molecule has 0 bridgehead atoms. The Balaban J connectivity index is 1.62. The Bertz CT molecular complexity index is 1380. The molecule has 0 saturated carbocycles. The summed E-state index contributed by atoms with van der Waals surface area (Å²) in [7, 11) is 0. The average molecular weight is 477 g/mol. The average Bonchev–Trinajstić information content (AvgIpc) is 2.94. The summed E-state index contributed by atoms with van der Waals surface area (Å²) in [6.07, 6.45) is 2.76. The molecule has 180 valence electrons. The van der Waals surface area contributed by atoms with Crippen LogP contribution in [0.15, 0.2) is 84.9 Å². The van der Waals surface area contributed by atoms with Crippen LogP contribution in [-0.4, -0.2) is 53.5 Å². The van der Waals surface area contributed by atoms with Crippen LogP contribution >= 0.6 is 0 Å². The lowest BCUT2D eigenvalue weighted by Crippen LogP contribution is -2.37. The Morgan fingerprint density at radius 1 is 0.944 bits per heavy atom. The quantitative estimate of drug-likeness (QED) is 0.280. The monoisotopic (exact) mass is 476 g/mol. The fraction of sp³-hybridized carbons (Fsp3) is 0.233. The van der Waals surface area contributed by atoms with Gasteiger partial charge in [0.15, 0.2) is 6.19 Å². The molecule has 0 N–H and O–H groups in total. The van der Waals surface area contributed by atoms with Crippen molar-refractivity contribution in [3.8, 4) is 17.5 Å². The van der Waals surface area contributed by atoms with E-state index in [0.717, 1.165) is 46.4 Å². The molecule has 1 amide bonds. The van der Waals surface area contributed by atoms with Crippen molar-refractivity contribution in [3.05, 3.63) is 102 Å². The smallest absolute Gasteiger partial charge is 0.267 e. The molecular weight excluding hydrogens is 448 g/mol. The van der Waals surface area contributed by atoms with Gasteiger partial charge in [-0.2, -0.15) is 5.26 Å². The van der Waals surface area contributed by atoms with Crippen LogP contribution in [-0.2, 0) is 17.7 Å². The third-order valence-corrected chi connectivity index (χ3v) is 6.57. The minimum absolute atomic E-state index is 0.285. The van der Waals surface area contributed by atoms with Gasteiger partial charge < -0.3 is 4.74 Å². The van der Waals surface area contributed by atoms with Crippen molar-refractivity contribution in [3.63, 3.8) is 0 Å². The van der Waals surface area contributed by atoms with E-state index in [1.807, 2.05) is 84.9 Å². The van der Waals surface area contributed by atoms with E-state index in [4.69, 9.17) is 9.72 Å². The number of nitriles is 1. The van der Waals surface area contributed by atoms with E-state index in [9.17, 15) is 10.1 Å². The van der Waals surface area contributed by atoms with E-state index in [1.54, 1.807) is 0 Å². The van der Waals surface area contributed by atoms with Crippen molar-refractivity contribution in [2.24, 2.45) is 0 Å². The van der Waals surface area contributed by atoms with Gasteiger partial charge in [-0.15, -0.1) is 0 Å². The van der Waals surface area contributed by atoms with E-state index < -0.39 is 0 Å². The minimum Gasteiger partial charge on any atom is -0.379 e. The van der Waals surface area contributed by atoms with Crippen LogP contribution in [0.4, 0.5) is 0 Å². The molecule has 0 spiro atoms. The fourth-order valence-corrected chi connectivity index (χ4v) is 4.68. The summed E-state index contributed by atoms with van der Waals surface area (Å²) in [5, 5.41) is 10.8. The van der Waals surface area contributed by atoms with Crippen LogP contribution in [0.5, 0.6) is 0 Å². The number of benzene rings is 3. The summed E-state index contributed by atoms with van der Waals surface area (Å²) in [6, 6.07) is 27.6. The molecule has 0 radical (unpaired) electrons. The summed E-state index contributed by atoms with van der Waals surface area (Å²) in [4.78, 5) is 22.7. The molecule has 1 aromatic heterocycles. The maximum Gasteiger partial charge on any atom is 0.267 e. The molecular formula is C30H28N4O2. The van der Waals surface area contributed by atoms with Gasteiger partial charge >= 0.3 is 0 Å². The molecule has 0 unspecified atom stereocenters. The molecule has 4 aromatic rings. The number of hydrogen-bond acceptors (Lipinski definition) is 5. The van der Waals surface area contributed by atoms with Crippen LogP contribution < -0.4 is 0 Å². The lowest BCUT2D eigenvalue weighted by atomic mass is 9.95. The van der Waals surface area contributed by atoms with Crippen molar-refractivity contribution < 1.29 is 9.53 Å². The summed E-state index contributed by atoms with van der Waals surface area (Å²) in [5.41, 5.74) is 4.97. The van der Waals surface area contributed by atoms with Gasteiger partial charge in [0.25, 0.3) is 5.91 Å². The number of aromatic nitrogens is 1. The molecule has 1 saturated heterocycles. The van der Waals surface area contributed by atoms with Crippen molar-refractivity contribution in [1.82, 2.24) is 14.8 Å². The zero-order chi connectivity index (χ0) is 24.7. The Kier molecular flexibility index (Phi) is 7.32. The van der Waals surface area contributed by atoms with Gasteiger partial charge in [0.2, 0.25) is 0 Å². The number of morpholine rings is 1. The number of hydrogen-bond donors (Lipinski definition) is 0. The van der Waals surface area contributed by atoms with E-state index in [1.165, 1.54) is 4.90 Å². The van der Waals surface area contributed by atoms with Gasteiger partial charge in [-0.1, -0.05) is 78.9 Å². The van der Waals surface area contributed by atoms with Crippen molar-refractivity contribution >= 4 is 16.8 Å². The SMILES string of the molecule is N#CN(CCc1ccccc1)C(=O)c1c(CN2CCOCC2)c(-c2ccccc2)nc2ccccc12. The normalized spacial score (nSPS) is 13.9. The number of amides is 1. The zero-order valence-corrected chi connectivity index (χ0v) is 20.1. The molecule has 0 atom stereocenters. The number of fused-ring (bicyclic) bond motifs is 1. The zero-order valence-electron chi connectivity index (χ0n) is 20.1. The second-order valence-electron chi connectivity index (χ2n) is 8.88. The third-order valence-electron chi connectivity index (χ3n) is 6.57. The molecule has 5 rings (SSSR count). The van der Waals surface area contributed by atoms with Gasteiger partial charge in [-0.3, -0.25) is 9.69 Å². The van der Waals surface area contributed by atoms with E-state index in [0.29, 0.717) is 38.3 Å². The Labute approximate surface area is 211 Å². The molecule has 1 aliphatic rings. The van der Waals surface area contributed by atoms with Crippen LogP contribution in [0.1, 0.15) is 21.5 Å². The minimum atomic E-state index is -0.285. The van der Waals surface area contributed by atoms with Crippen LogP contribution in [0.3, 0.4) is 0 Å². The Hall–Kier alpha value is -4.05. The maximum atomic E-state index is 14.1. The molecule has 2 heterocycles. The molecule has 3 aromatic carbocycles. The summed E-state index contributed by atoms with van der Waals surface area (Å²) in [6.45, 7) is 3.76. The number of carbonyl (C=O) groups is 1. The number of nitrogens with zero attached hydrogens (tertiary/aromatic N) is 4. The number of rotatable bonds is 7. The van der Waals surface area contributed by atoms with Crippen LogP contribution in [0.2, 0.25) is 0 Å². The first kappa shape index (κ1) is 23.7. The second kappa shape index (κ2) is 11.1. The number of pyridine rings is 1. The van der Waals surface area contributed by atoms with Gasteiger partial charge in [0, 0.05) is 42.7 Å². The van der Waals surface area contributed by atoms with Gasteiger partial charge in [0.05, 0.1) is 30.0 Å². The first-order chi connectivity index (χ1) is 17.7. The first-order valence-electron chi connectivity index (χ1n) is 12.3. The highest BCUT2D eigenvalue weighted by molar-refractivity contribution is 6.09. The highest BCUT2D eigenvalue weighted by atomic mass is 16.5. The number of para-hydroxylation sites is 1. The molecule has 1 aliphatic heterocycles. The van der Waals surface area contributed by atoms with Crippen molar-refractivity contribution in [1.29, 1.82) is 5.26 Å². The number of carbonyl (C=O) groups excluding carboxylic acids is 1. The lowest BCUT2D eigenvalue weighted by molar-refractivity contribution is 0.0341. The summed E-state index contributed by atoms with van der Waals surface area (Å²) < 4.78 is 5.55. The van der Waals surface area contributed by atoms with E-state index in [2.05, 4.69) is 11.1 Å². The largest absolute Gasteiger partial charge is 0.379 e. The van der Waals surface area contributed by atoms with Gasteiger partial charge in [-0.05, 0) is 18.1 Å². The molecule has 1 fully saturated rings. The highest BCUT2D eigenvalue weighted by Gasteiger charge is 2.27. The summed E-state index contributed by atoms with van der Waals surface area (Å²) in [5.74, 6) is -0.285. The lowest BCUT2D eigenvalue weighted by Gasteiger charge is -2.29. The van der Waals surface area contributed by atoms with E-state index in [-0.39, 0.29) is 5.91 Å². The molecule has 36 heavy (non-hydrogen) atoms.